The highest BCUT2D eigenvalue weighted by atomic mass is 15.0. The van der Waals surface area contributed by atoms with Gasteiger partial charge in [-0.25, -0.2) is 9.97 Å². The molecule has 0 radical (unpaired) electrons. The molecule has 0 unspecified atom stereocenters. The van der Waals surface area contributed by atoms with Crippen LogP contribution in [-0.2, 0) is 6.54 Å². The van der Waals surface area contributed by atoms with Crippen molar-refractivity contribution in [2.75, 3.05) is 12.3 Å². The van der Waals surface area contributed by atoms with Gasteiger partial charge in [0.1, 0.15) is 5.82 Å². The summed E-state index contributed by atoms with van der Waals surface area (Å²) < 4.78 is 0. The lowest BCUT2D eigenvalue weighted by Gasteiger charge is -2.11. The molecule has 90 valence electrons. The predicted octanol–water partition coefficient (Wildman–Crippen LogP) is 1.93. The number of nitrogen functional groups attached to an aromatic ring is 1. The van der Waals surface area contributed by atoms with Gasteiger partial charge in [0, 0.05) is 12.5 Å². The smallest absolute Gasteiger partial charge is 0.131 e. The normalized spacial score (nSPS) is 11.4. The zero-order chi connectivity index (χ0) is 12.1. The van der Waals surface area contributed by atoms with Crippen LogP contribution in [0.1, 0.15) is 45.1 Å². The number of nitrogens with two attached hydrogens (primary N) is 1. The number of nitrogens with one attached hydrogen (secondary N) is 1. The molecule has 1 aromatic heterocycles. The summed E-state index contributed by atoms with van der Waals surface area (Å²) in [6.07, 6.45) is 1.70. The monoisotopic (exact) mass is 222 g/mol. The van der Waals surface area contributed by atoms with E-state index in [2.05, 4.69) is 43.0 Å². The van der Waals surface area contributed by atoms with Crippen molar-refractivity contribution in [3.63, 3.8) is 0 Å². The Morgan fingerprint density at radius 2 is 2.00 bits per heavy atom. The highest BCUT2D eigenvalue weighted by Crippen LogP contribution is 2.13. The van der Waals surface area contributed by atoms with Gasteiger partial charge in [0.05, 0.1) is 17.6 Å². The molecule has 16 heavy (non-hydrogen) atoms. The van der Waals surface area contributed by atoms with E-state index in [1.807, 2.05) is 0 Å². The van der Waals surface area contributed by atoms with Gasteiger partial charge in [-0.1, -0.05) is 27.7 Å². The molecule has 1 aromatic rings. The second-order valence-corrected chi connectivity index (χ2v) is 4.81. The molecular formula is C12H22N4. The van der Waals surface area contributed by atoms with Gasteiger partial charge < -0.3 is 11.1 Å². The van der Waals surface area contributed by atoms with Gasteiger partial charge in [-0.15, -0.1) is 0 Å². The molecule has 0 aromatic carbocycles. The minimum Gasteiger partial charge on any atom is -0.396 e. The van der Waals surface area contributed by atoms with Crippen molar-refractivity contribution in [3.05, 3.63) is 17.7 Å². The maximum Gasteiger partial charge on any atom is 0.131 e. The van der Waals surface area contributed by atoms with E-state index in [0.717, 1.165) is 18.1 Å². The van der Waals surface area contributed by atoms with Crippen LogP contribution in [0.4, 0.5) is 5.69 Å². The van der Waals surface area contributed by atoms with Gasteiger partial charge in [0.25, 0.3) is 0 Å². The third kappa shape index (κ3) is 3.77. The van der Waals surface area contributed by atoms with Crippen LogP contribution in [0.2, 0.25) is 0 Å². The summed E-state index contributed by atoms with van der Waals surface area (Å²) in [6, 6.07) is 0. The molecule has 0 aliphatic heterocycles. The summed E-state index contributed by atoms with van der Waals surface area (Å²) in [7, 11) is 0. The Labute approximate surface area is 97.7 Å². The number of nitrogens with zero attached hydrogens (tertiary/aromatic N) is 2. The third-order valence-electron chi connectivity index (χ3n) is 2.28. The highest BCUT2D eigenvalue weighted by Gasteiger charge is 2.07. The number of hydrogen-bond donors (Lipinski definition) is 2. The van der Waals surface area contributed by atoms with Gasteiger partial charge in [-0.2, -0.15) is 0 Å². The summed E-state index contributed by atoms with van der Waals surface area (Å²) in [4.78, 5) is 8.69. The van der Waals surface area contributed by atoms with Crippen LogP contribution in [0, 0.1) is 5.92 Å². The van der Waals surface area contributed by atoms with E-state index in [-0.39, 0.29) is 0 Å². The van der Waals surface area contributed by atoms with Crippen LogP contribution in [0.5, 0.6) is 0 Å². The fourth-order valence-corrected chi connectivity index (χ4v) is 1.34. The molecule has 3 N–H and O–H groups in total. The first-order valence-corrected chi connectivity index (χ1v) is 5.82. The first kappa shape index (κ1) is 12.9. The van der Waals surface area contributed by atoms with Crippen LogP contribution in [-0.4, -0.2) is 16.5 Å². The number of aromatic nitrogens is 2. The standard InChI is InChI=1S/C12H22N4/c1-8(2)5-14-7-11-10(13)6-15-12(16-11)9(3)4/h6,8-9,14H,5,7,13H2,1-4H3. The Bertz CT molecular complexity index is 334. The highest BCUT2D eigenvalue weighted by molar-refractivity contribution is 5.40. The summed E-state index contributed by atoms with van der Waals surface area (Å²) in [5.74, 6) is 1.83. The Hall–Kier alpha value is -1.16. The molecule has 0 atom stereocenters. The van der Waals surface area contributed by atoms with Crippen LogP contribution in [0.3, 0.4) is 0 Å². The first-order chi connectivity index (χ1) is 7.50. The van der Waals surface area contributed by atoms with E-state index in [4.69, 9.17) is 5.73 Å². The third-order valence-corrected chi connectivity index (χ3v) is 2.28. The zero-order valence-electron chi connectivity index (χ0n) is 10.6. The molecule has 4 nitrogen and oxygen atoms in total. The molecule has 0 spiro atoms. The maximum atomic E-state index is 5.84. The molecule has 1 rings (SSSR count). The van der Waals surface area contributed by atoms with Crippen LogP contribution >= 0.6 is 0 Å². The Kier molecular flexibility index (Phi) is 4.68. The van der Waals surface area contributed by atoms with Crippen molar-refractivity contribution in [2.24, 2.45) is 5.92 Å². The lowest BCUT2D eigenvalue weighted by Crippen LogP contribution is -2.21. The van der Waals surface area contributed by atoms with Crippen LogP contribution < -0.4 is 11.1 Å². The predicted molar refractivity (Wildman–Crippen MR) is 67.1 cm³/mol. The van der Waals surface area contributed by atoms with E-state index in [1.54, 1.807) is 6.20 Å². The van der Waals surface area contributed by atoms with Gasteiger partial charge in [0.2, 0.25) is 0 Å². The molecule has 0 aliphatic carbocycles. The molecule has 0 saturated heterocycles. The van der Waals surface area contributed by atoms with Crippen molar-refractivity contribution >= 4 is 5.69 Å². The van der Waals surface area contributed by atoms with Crippen LogP contribution in [0.15, 0.2) is 6.20 Å². The van der Waals surface area contributed by atoms with E-state index in [0.29, 0.717) is 24.1 Å². The minimum absolute atomic E-state index is 0.337. The number of hydrogen-bond acceptors (Lipinski definition) is 4. The largest absolute Gasteiger partial charge is 0.396 e. The summed E-state index contributed by atoms with van der Waals surface area (Å²) in [6.45, 7) is 10.2. The lowest BCUT2D eigenvalue weighted by atomic mass is 10.2. The van der Waals surface area contributed by atoms with Crippen molar-refractivity contribution in [1.29, 1.82) is 0 Å². The van der Waals surface area contributed by atoms with Crippen molar-refractivity contribution < 1.29 is 0 Å². The molecule has 0 aliphatic rings. The van der Waals surface area contributed by atoms with Crippen molar-refractivity contribution in [2.45, 2.75) is 40.2 Å². The Morgan fingerprint density at radius 3 is 2.56 bits per heavy atom. The lowest BCUT2D eigenvalue weighted by molar-refractivity contribution is 0.547. The van der Waals surface area contributed by atoms with E-state index >= 15 is 0 Å². The summed E-state index contributed by atoms with van der Waals surface area (Å²) >= 11 is 0. The quantitative estimate of drug-likeness (QED) is 0.799. The average Bonchev–Trinajstić information content (AvgIpc) is 2.20. The van der Waals surface area contributed by atoms with E-state index in [9.17, 15) is 0 Å². The van der Waals surface area contributed by atoms with Gasteiger partial charge in [0.15, 0.2) is 0 Å². The van der Waals surface area contributed by atoms with E-state index in [1.165, 1.54) is 0 Å². The van der Waals surface area contributed by atoms with Crippen molar-refractivity contribution in [3.8, 4) is 0 Å². The molecular weight excluding hydrogens is 200 g/mol. The second kappa shape index (κ2) is 5.80. The van der Waals surface area contributed by atoms with E-state index < -0.39 is 0 Å². The number of anilines is 1. The van der Waals surface area contributed by atoms with Crippen LogP contribution in [0.25, 0.3) is 0 Å². The minimum atomic E-state index is 0.337. The Balaban J connectivity index is 2.67. The van der Waals surface area contributed by atoms with Gasteiger partial charge in [-0.3, -0.25) is 0 Å². The Morgan fingerprint density at radius 1 is 1.31 bits per heavy atom. The summed E-state index contributed by atoms with van der Waals surface area (Å²) in [5, 5.41) is 3.34. The topological polar surface area (TPSA) is 63.8 Å². The second-order valence-electron chi connectivity index (χ2n) is 4.81. The molecule has 0 amide bonds. The van der Waals surface area contributed by atoms with Gasteiger partial charge >= 0.3 is 0 Å². The first-order valence-electron chi connectivity index (χ1n) is 5.82. The average molecular weight is 222 g/mol. The molecule has 0 fully saturated rings. The summed E-state index contributed by atoms with van der Waals surface area (Å²) in [5.41, 5.74) is 7.41. The fraction of sp³-hybridized carbons (Fsp3) is 0.667. The fourth-order valence-electron chi connectivity index (χ4n) is 1.34. The molecule has 4 heteroatoms. The number of rotatable bonds is 5. The van der Waals surface area contributed by atoms with Gasteiger partial charge in [-0.05, 0) is 12.5 Å². The SMILES string of the molecule is CC(C)CNCc1nc(C(C)C)ncc1N. The zero-order valence-corrected chi connectivity index (χ0v) is 10.6. The molecule has 1 heterocycles. The van der Waals surface area contributed by atoms with Crippen molar-refractivity contribution in [1.82, 2.24) is 15.3 Å². The molecule has 0 saturated carbocycles. The molecule has 0 bridgehead atoms. The maximum absolute atomic E-state index is 5.84.